The molecule has 0 radical (unpaired) electrons. The van der Waals surface area contributed by atoms with Crippen LogP contribution in [0.3, 0.4) is 0 Å². The van der Waals surface area contributed by atoms with Gasteiger partial charge >= 0.3 is 0 Å². The van der Waals surface area contributed by atoms with Gasteiger partial charge in [-0.3, -0.25) is 9.99 Å². The molecule has 2 heterocycles. The van der Waals surface area contributed by atoms with Crippen LogP contribution in [0.4, 0.5) is 11.9 Å². The first-order valence-electron chi connectivity index (χ1n) is 6.37. The van der Waals surface area contributed by atoms with E-state index in [0.29, 0.717) is 12.4 Å². The van der Waals surface area contributed by atoms with Crippen LogP contribution in [0.25, 0.3) is 5.95 Å². The van der Waals surface area contributed by atoms with E-state index in [1.807, 2.05) is 6.92 Å². The smallest absolute Gasteiger partial charge is 0.243 e. The van der Waals surface area contributed by atoms with Gasteiger partial charge in [-0.25, -0.2) is 10.8 Å². The fourth-order valence-corrected chi connectivity index (χ4v) is 1.66. The van der Waals surface area contributed by atoms with Crippen molar-refractivity contribution in [3.05, 3.63) is 18.7 Å². The zero-order chi connectivity index (χ0) is 15.3. The third-order valence-electron chi connectivity index (χ3n) is 3.15. The molecule has 2 aromatic heterocycles. The Morgan fingerprint density at radius 1 is 1.24 bits per heavy atom. The summed E-state index contributed by atoms with van der Waals surface area (Å²) in [7, 11) is 0. The second-order valence-electron chi connectivity index (χ2n) is 4.47. The van der Waals surface area contributed by atoms with Gasteiger partial charge in [0.25, 0.3) is 0 Å². The Kier molecular flexibility index (Phi) is 4.62. The van der Waals surface area contributed by atoms with Gasteiger partial charge in [0.1, 0.15) is 6.33 Å². The topological polar surface area (TPSA) is 147 Å². The number of imidazole rings is 1. The van der Waals surface area contributed by atoms with Crippen molar-refractivity contribution in [2.75, 3.05) is 24.0 Å². The predicted octanol–water partition coefficient (Wildman–Crippen LogP) is -1.11. The van der Waals surface area contributed by atoms with Crippen molar-refractivity contribution in [3.63, 3.8) is 0 Å². The molecule has 0 saturated carbocycles. The maximum absolute atomic E-state index is 9.47. The normalized spacial score (nSPS) is 11.4. The van der Waals surface area contributed by atoms with Gasteiger partial charge in [0.05, 0.1) is 18.8 Å². The molecule has 0 unspecified atom stereocenters. The van der Waals surface area contributed by atoms with Crippen molar-refractivity contribution < 1.29 is 10.2 Å². The number of hydrazine groups is 1. The van der Waals surface area contributed by atoms with Crippen LogP contribution >= 0.6 is 0 Å². The highest BCUT2D eigenvalue weighted by Gasteiger charge is 2.27. The zero-order valence-corrected chi connectivity index (χ0v) is 11.6. The second-order valence-corrected chi connectivity index (χ2v) is 4.47. The maximum Gasteiger partial charge on any atom is 0.243 e. The summed E-state index contributed by atoms with van der Waals surface area (Å²) in [5.74, 6) is 5.99. The number of nitrogen functional groups attached to an aromatic ring is 1. The van der Waals surface area contributed by atoms with Crippen molar-refractivity contribution in [3.8, 4) is 5.95 Å². The lowest BCUT2D eigenvalue weighted by Gasteiger charge is -2.29. The largest absolute Gasteiger partial charge is 0.394 e. The standard InChI is InChI=1S/C11H18N8O2/c1-2-11(5-20,6-21)17-8-14-9(18-12)16-10(15-8)19-4-3-13-7-19/h3-4,7,20-21H,2,5-6,12H2,1H3,(H2,14,15,16,17,18). The molecular weight excluding hydrogens is 276 g/mol. The molecular formula is C11H18N8O2. The molecule has 10 nitrogen and oxygen atoms in total. The van der Waals surface area contributed by atoms with E-state index in [1.54, 1.807) is 17.0 Å². The second kappa shape index (κ2) is 6.43. The van der Waals surface area contributed by atoms with Gasteiger partial charge in [0, 0.05) is 12.4 Å². The first kappa shape index (κ1) is 15.1. The predicted molar refractivity (Wildman–Crippen MR) is 75.6 cm³/mol. The monoisotopic (exact) mass is 294 g/mol. The Morgan fingerprint density at radius 3 is 2.48 bits per heavy atom. The molecule has 0 aliphatic heterocycles. The summed E-state index contributed by atoms with van der Waals surface area (Å²) in [6.07, 6.45) is 5.27. The third kappa shape index (κ3) is 3.24. The highest BCUT2D eigenvalue weighted by Crippen LogP contribution is 2.17. The van der Waals surface area contributed by atoms with E-state index in [9.17, 15) is 10.2 Å². The van der Waals surface area contributed by atoms with Crippen molar-refractivity contribution in [2.24, 2.45) is 5.84 Å². The van der Waals surface area contributed by atoms with E-state index in [2.05, 4.69) is 30.7 Å². The molecule has 10 heteroatoms. The molecule has 0 saturated heterocycles. The molecule has 2 aromatic rings. The Balaban J connectivity index is 2.37. The first-order valence-corrected chi connectivity index (χ1v) is 6.37. The van der Waals surface area contributed by atoms with Gasteiger partial charge in [0.2, 0.25) is 17.8 Å². The lowest BCUT2D eigenvalue weighted by Crippen LogP contribution is -2.45. The number of aromatic nitrogens is 5. The number of anilines is 2. The molecule has 0 aromatic carbocycles. The lowest BCUT2D eigenvalue weighted by molar-refractivity contribution is 0.132. The quantitative estimate of drug-likeness (QED) is 0.316. The van der Waals surface area contributed by atoms with Crippen molar-refractivity contribution in [2.45, 2.75) is 18.9 Å². The number of rotatable bonds is 7. The average molecular weight is 294 g/mol. The van der Waals surface area contributed by atoms with Gasteiger partial charge in [0.15, 0.2) is 0 Å². The number of nitrogens with two attached hydrogens (primary N) is 1. The Labute approximate surface area is 121 Å². The van der Waals surface area contributed by atoms with E-state index in [0.717, 1.165) is 0 Å². The van der Waals surface area contributed by atoms with Crippen LogP contribution in [0.2, 0.25) is 0 Å². The molecule has 2 rings (SSSR count). The molecule has 0 spiro atoms. The molecule has 0 bridgehead atoms. The van der Waals surface area contributed by atoms with E-state index in [4.69, 9.17) is 5.84 Å². The average Bonchev–Trinajstić information content (AvgIpc) is 3.07. The SMILES string of the molecule is CCC(CO)(CO)Nc1nc(NN)nc(-n2ccnc2)n1. The maximum atomic E-state index is 9.47. The molecule has 0 fully saturated rings. The van der Waals surface area contributed by atoms with Crippen LogP contribution in [0.15, 0.2) is 18.7 Å². The van der Waals surface area contributed by atoms with E-state index in [-0.39, 0.29) is 25.1 Å². The van der Waals surface area contributed by atoms with Crippen LogP contribution in [0.5, 0.6) is 0 Å². The Bertz CT molecular complexity index is 561. The van der Waals surface area contributed by atoms with Gasteiger partial charge in [-0.05, 0) is 6.42 Å². The molecule has 0 aliphatic rings. The fraction of sp³-hybridized carbons (Fsp3) is 0.455. The van der Waals surface area contributed by atoms with Crippen LogP contribution < -0.4 is 16.6 Å². The summed E-state index contributed by atoms with van der Waals surface area (Å²) in [5.41, 5.74) is 1.43. The summed E-state index contributed by atoms with van der Waals surface area (Å²) < 4.78 is 1.58. The van der Waals surface area contributed by atoms with Crippen LogP contribution in [-0.2, 0) is 0 Å². The van der Waals surface area contributed by atoms with E-state index < -0.39 is 5.54 Å². The van der Waals surface area contributed by atoms with Crippen LogP contribution in [-0.4, -0.2) is 53.5 Å². The number of hydrogen-bond acceptors (Lipinski definition) is 9. The summed E-state index contributed by atoms with van der Waals surface area (Å²) in [6, 6.07) is 0. The first-order chi connectivity index (χ1) is 10.2. The number of hydrogen-bond donors (Lipinski definition) is 5. The molecule has 114 valence electrons. The Hall–Kier alpha value is -2.30. The summed E-state index contributed by atoms with van der Waals surface area (Å²) >= 11 is 0. The molecule has 21 heavy (non-hydrogen) atoms. The number of aliphatic hydroxyl groups excluding tert-OH is 2. The number of aliphatic hydroxyl groups is 2. The van der Waals surface area contributed by atoms with Gasteiger partial charge in [-0.1, -0.05) is 6.92 Å². The molecule has 0 amide bonds. The van der Waals surface area contributed by atoms with Crippen LogP contribution in [0.1, 0.15) is 13.3 Å². The van der Waals surface area contributed by atoms with Gasteiger partial charge in [-0.2, -0.15) is 15.0 Å². The molecule has 6 N–H and O–H groups in total. The lowest BCUT2D eigenvalue weighted by atomic mass is 9.99. The highest BCUT2D eigenvalue weighted by atomic mass is 16.3. The summed E-state index contributed by atoms with van der Waals surface area (Å²) in [4.78, 5) is 16.3. The fourth-order valence-electron chi connectivity index (χ4n) is 1.66. The van der Waals surface area contributed by atoms with E-state index >= 15 is 0 Å². The summed E-state index contributed by atoms with van der Waals surface area (Å²) in [6.45, 7) is 1.30. The van der Waals surface area contributed by atoms with E-state index in [1.165, 1.54) is 6.33 Å². The zero-order valence-electron chi connectivity index (χ0n) is 11.6. The highest BCUT2D eigenvalue weighted by molar-refractivity contribution is 5.39. The Morgan fingerprint density at radius 2 is 1.95 bits per heavy atom. The third-order valence-corrected chi connectivity index (χ3v) is 3.15. The minimum absolute atomic E-state index is 0.150. The minimum atomic E-state index is -0.917. The van der Waals surface area contributed by atoms with Crippen LogP contribution in [0, 0.1) is 0 Å². The molecule has 0 atom stereocenters. The van der Waals surface area contributed by atoms with Crippen molar-refractivity contribution in [1.29, 1.82) is 0 Å². The van der Waals surface area contributed by atoms with Crippen molar-refractivity contribution >= 4 is 11.9 Å². The number of nitrogens with zero attached hydrogens (tertiary/aromatic N) is 5. The number of nitrogens with one attached hydrogen (secondary N) is 2. The van der Waals surface area contributed by atoms with Gasteiger partial charge < -0.3 is 15.5 Å². The van der Waals surface area contributed by atoms with Gasteiger partial charge in [-0.15, -0.1) is 0 Å². The minimum Gasteiger partial charge on any atom is -0.394 e. The summed E-state index contributed by atoms with van der Waals surface area (Å²) in [5, 5.41) is 21.9. The van der Waals surface area contributed by atoms with Crippen molar-refractivity contribution in [1.82, 2.24) is 24.5 Å². The molecule has 0 aliphatic carbocycles.